The lowest BCUT2D eigenvalue weighted by molar-refractivity contribution is 0.274. The zero-order chi connectivity index (χ0) is 14.8. The fraction of sp³-hybridized carbons (Fsp3) is 0.471. The number of hydrogen-bond donors (Lipinski definition) is 1. The molecule has 1 unspecified atom stereocenters. The van der Waals surface area contributed by atoms with Crippen molar-refractivity contribution in [3.63, 3.8) is 0 Å². The zero-order valence-electron chi connectivity index (χ0n) is 13.0. The van der Waals surface area contributed by atoms with Crippen molar-refractivity contribution in [2.24, 2.45) is 0 Å². The van der Waals surface area contributed by atoms with Crippen LogP contribution in [-0.4, -0.2) is 35.1 Å². The van der Waals surface area contributed by atoms with Crippen LogP contribution in [0.25, 0.3) is 11.3 Å². The highest BCUT2D eigenvalue weighted by Gasteiger charge is 2.23. The first kappa shape index (κ1) is 14.5. The van der Waals surface area contributed by atoms with Gasteiger partial charge >= 0.3 is 0 Å². The van der Waals surface area contributed by atoms with Gasteiger partial charge in [-0.1, -0.05) is 12.1 Å². The first-order valence-corrected chi connectivity index (χ1v) is 8.53. The van der Waals surface area contributed by atoms with Crippen LogP contribution in [0.5, 0.6) is 0 Å². The minimum absolute atomic E-state index is 0.569. The molecule has 4 heteroatoms. The van der Waals surface area contributed by atoms with E-state index in [0.29, 0.717) is 12.1 Å². The molecule has 1 aromatic carbocycles. The molecule has 0 aliphatic carbocycles. The highest BCUT2D eigenvalue weighted by molar-refractivity contribution is 7.09. The molecule has 1 N–H and O–H groups in total. The van der Waals surface area contributed by atoms with Gasteiger partial charge in [0.05, 0.1) is 10.7 Å². The quantitative estimate of drug-likeness (QED) is 0.924. The van der Waals surface area contributed by atoms with E-state index in [-0.39, 0.29) is 0 Å². The maximum atomic E-state index is 4.53. The SMILES string of the molecule is Cc1nc(-c2ccc(NC3CCN(C(C)C)C3)cc2)cs1. The summed E-state index contributed by atoms with van der Waals surface area (Å²) in [4.78, 5) is 7.07. The largest absolute Gasteiger partial charge is 0.381 e. The molecule has 0 spiro atoms. The molecule has 1 aromatic heterocycles. The molecule has 3 rings (SSSR count). The van der Waals surface area contributed by atoms with Crippen LogP contribution in [0.1, 0.15) is 25.3 Å². The summed E-state index contributed by atoms with van der Waals surface area (Å²) in [5.41, 5.74) is 3.48. The number of thiazole rings is 1. The second-order valence-corrected chi connectivity index (χ2v) is 7.11. The van der Waals surface area contributed by atoms with Gasteiger partial charge in [-0.25, -0.2) is 4.98 Å². The average Bonchev–Trinajstić information content (AvgIpc) is 3.09. The predicted molar refractivity (Wildman–Crippen MR) is 91.0 cm³/mol. The summed E-state index contributed by atoms with van der Waals surface area (Å²) in [5, 5.41) is 6.89. The Kier molecular flexibility index (Phi) is 4.27. The van der Waals surface area contributed by atoms with Gasteiger partial charge in [-0.05, 0) is 39.3 Å². The third kappa shape index (κ3) is 3.44. The van der Waals surface area contributed by atoms with Crippen LogP contribution in [0.2, 0.25) is 0 Å². The normalized spacial score (nSPS) is 19.3. The summed E-state index contributed by atoms with van der Waals surface area (Å²) in [6.45, 7) is 8.93. The summed E-state index contributed by atoms with van der Waals surface area (Å²) >= 11 is 1.70. The van der Waals surface area contributed by atoms with Crippen molar-refractivity contribution >= 4 is 17.0 Å². The van der Waals surface area contributed by atoms with Gasteiger partial charge in [0.1, 0.15) is 0 Å². The van der Waals surface area contributed by atoms with Gasteiger partial charge in [0.2, 0.25) is 0 Å². The Balaban J connectivity index is 1.63. The fourth-order valence-electron chi connectivity index (χ4n) is 2.84. The monoisotopic (exact) mass is 301 g/mol. The average molecular weight is 301 g/mol. The fourth-order valence-corrected chi connectivity index (χ4v) is 3.47. The number of benzene rings is 1. The van der Waals surface area contributed by atoms with E-state index in [1.165, 1.54) is 24.2 Å². The molecule has 0 saturated carbocycles. The number of rotatable bonds is 4. The summed E-state index contributed by atoms with van der Waals surface area (Å²) in [6, 6.07) is 9.87. The second kappa shape index (κ2) is 6.16. The van der Waals surface area contributed by atoms with E-state index in [0.717, 1.165) is 17.2 Å². The van der Waals surface area contributed by atoms with Crippen LogP contribution in [-0.2, 0) is 0 Å². The Morgan fingerprint density at radius 3 is 2.62 bits per heavy atom. The lowest BCUT2D eigenvalue weighted by Gasteiger charge is -2.20. The summed E-state index contributed by atoms with van der Waals surface area (Å²) in [7, 11) is 0. The number of anilines is 1. The maximum absolute atomic E-state index is 4.53. The molecular weight excluding hydrogens is 278 g/mol. The molecule has 112 valence electrons. The van der Waals surface area contributed by atoms with Gasteiger partial charge in [0, 0.05) is 41.8 Å². The molecule has 1 aliphatic rings. The smallest absolute Gasteiger partial charge is 0.0901 e. The molecule has 2 aromatic rings. The van der Waals surface area contributed by atoms with E-state index in [1.54, 1.807) is 11.3 Å². The third-order valence-electron chi connectivity index (χ3n) is 4.12. The molecule has 1 atom stereocenters. The Hall–Kier alpha value is -1.39. The standard InChI is InChI=1S/C17H23N3S/c1-12(2)20-9-8-16(10-20)19-15-6-4-14(5-7-15)17-11-21-13(3)18-17/h4-7,11-12,16,19H,8-10H2,1-3H3. The van der Waals surface area contributed by atoms with E-state index in [2.05, 4.69) is 58.7 Å². The number of nitrogens with zero attached hydrogens (tertiary/aromatic N) is 2. The lowest BCUT2D eigenvalue weighted by atomic mass is 10.1. The molecule has 3 nitrogen and oxygen atoms in total. The number of aromatic nitrogens is 1. The first-order valence-electron chi connectivity index (χ1n) is 7.65. The van der Waals surface area contributed by atoms with Crippen LogP contribution in [0.4, 0.5) is 5.69 Å². The first-order chi connectivity index (χ1) is 10.1. The molecule has 1 saturated heterocycles. The number of aryl methyl sites for hydroxylation is 1. The highest BCUT2D eigenvalue weighted by Crippen LogP contribution is 2.24. The molecule has 0 bridgehead atoms. The predicted octanol–water partition coefficient (Wildman–Crippen LogP) is 4.01. The number of hydrogen-bond acceptors (Lipinski definition) is 4. The topological polar surface area (TPSA) is 28.2 Å². The van der Waals surface area contributed by atoms with Crippen LogP contribution < -0.4 is 5.32 Å². The van der Waals surface area contributed by atoms with Crippen molar-refractivity contribution < 1.29 is 0 Å². The molecule has 0 amide bonds. The van der Waals surface area contributed by atoms with Crippen molar-refractivity contribution in [1.29, 1.82) is 0 Å². The molecule has 0 radical (unpaired) electrons. The Morgan fingerprint density at radius 2 is 2.05 bits per heavy atom. The van der Waals surface area contributed by atoms with E-state index in [9.17, 15) is 0 Å². The van der Waals surface area contributed by atoms with Crippen molar-refractivity contribution in [2.45, 2.75) is 39.3 Å². The summed E-state index contributed by atoms with van der Waals surface area (Å²) in [5.74, 6) is 0. The molecule has 1 aliphatic heterocycles. The minimum Gasteiger partial charge on any atom is -0.381 e. The van der Waals surface area contributed by atoms with Crippen LogP contribution in [0.3, 0.4) is 0 Å². The van der Waals surface area contributed by atoms with Gasteiger partial charge in [0.25, 0.3) is 0 Å². The van der Waals surface area contributed by atoms with Gasteiger partial charge in [0.15, 0.2) is 0 Å². The van der Waals surface area contributed by atoms with E-state index < -0.39 is 0 Å². The minimum atomic E-state index is 0.569. The van der Waals surface area contributed by atoms with Crippen molar-refractivity contribution in [2.75, 3.05) is 18.4 Å². The summed E-state index contributed by atoms with van der Waals surface area (Å²) < 4.78 is 0. The maximum Gasteiger partial charge on any atom is 0.0901 e. The van der Waals surface area contributed by atoms with Gasteiger partial charge < -0.3 is 5.32 Å². The van der Waals surface area contributed by atoms with Gasteiger partial charge in [-0.15, -0.1) is 11.3 Å². The van der Waals surface area contributed by atoms with Crippen LogP contribution >= 0.6 is 11.3 Å². The van der Waals surface area contributed by atoms with E-state index in [4.69, 9.17) is 0 Å². The van der Waals surface area contributed by atoms with Crippen molar-refractivity contribution in [3.05, 3.63) is 34.7 Å². The molecule has 21 heavy (non-hydrogen) atoms. The zero-order valence-corrected chi connectivity index (χ0v) is 13.8. The Bertz CT molecular complexity index is 588. The highest BCUT2D eigenvalue weighted by atomic mass is 32.1. The van der Waals surface area contributed by atoms with Gasteiger partial charge in [-0.3, -0.25) is 4.90 Å². The lowest BCUT2D eigenvalue weighted by Crippen LogP contribution is -2.31. The molecule has 1 fully saturated rings. The molecule has 2 heterocycles. The third-order valence-corrected chi connectivity index (χ3v) is 4.89. The Labute approximate surface area is 131 Å². The summed E-state index contributed by atoms with van der Waals surface area (Å²) in [6.07, 6.45) is 1.23. The Morgan fingerprint density at radius 1 is 1.29 bits per heavy atom. The second-order valence-electron chi connectivity index (χ2n) is 6.05. The van der Waals surface area contributed by atoms with Crippen LogP contribution in [0, 0.1) is 6.92 Å². The van der Waals surface area contributed by atoms with Gasteiger partial charge in [-0.2, -0.15) is 0 Å². The van der Waals surface area contributed by atoms with Crippen LogP contribution in [0.15, 0.2) is 29.6 Å². The number of nitrogens with one attached hydrogen (secondary N) is 1. The van der Waals surface area contributed by atoms with Crippen molar-refractivity contribution in [1.82, 2.24) is 9.88 Å². The number of likely N-dealkylation sites (tertiary alicyclic amines) is 1. The molecular formula is C17H23N3S. The van der Waals surface area contributed by atoms with E-state index in [1.807, 2.05) is 6.92 Å². The van der Waals surface area contributed by atoms with E-state index >= 15 is 0 Å². The van der Waals surface area contributed by atoms with Crippen molar-refractivity contribution in [3.8, 4) is 11.3 Å².